The second kappa shape index (κ2) is 9.64. The Balaban J connectivity index is 1.81. The standard InChI is InChI=1S/C40H40S4/c1-9-17-18(10-2)34-26-25-27-29-31-32-30-28(26)36(42-34)21(13-5)22(14-6)38(30)44-40(32)24(16-8)23(15-7)39(31)43-37(29)20(12-4)19(11-3)35(27)41-33(17)25/h9-16H2,1-8H3. The third-order valence-electron chi connectivity index (χ3n) is 11.1. The van der Waals surface area contributed by atoms with Gasteiger partial charge in [0.05, 0.1) is 0 Å². The van der Waals surface area contributed by atoms with Gasteiger partial charge in [0, 0.05) is 80.7 Å². The molecular weight excluding hydrogens is 609 g/mol. The molecule has 0 saturated heterocycles. The monoisotopic (exact) mass is 648 g/mol. The van der Waals surface area contributed by atoms with Gasteiger partial charge in [-0.2, -0.15) is 0 Å². The Morgan fingerprint density at radius 3 is 0.432 bits per heavy atom. The lowest BCUT2D eigenvalue weighted by molar-refractivity contribution is 1.07. The van der Waals surface area contributed by atoms with Gasteiger partial charge in [-0.25, -0.2) is 0 Å². The molecule has 0 saturated carbocycles. The van der Waals surface area contributed by atoms with Crippen molar-refractivity contribution in [2.45, 2.75) is 107 Å². The molecule has 4 heteroatoms. The lowest BCUT2D eigenvalue weighted by Gasteiger charge is -2.15. The van der Waals surface area contributed by atoms with Crippen LogP contribution in [-0.2, 0) is 51.4 Å². The van der Waals surface area contributed by atoms with Crippen molar-refractivity contribution < 1.29 is 0 Å². The van der Waals surface area contributed by atoms with Crippen LogP contribution in [0.15, 0.2) is 0 Å². The third kappa shape index (κ3) is 2.97. The molecule has 224 valence electrons. The molecule has 0 nitrogen and oxygen atoms in total. The summed E-state index contributed by atoms with van der Waals surface area (Å²) in [5, 5.41) is 12.9. The molecule has 0 aliphatic carbocycles. The van der Waals surface area contributed by atoms with E-state index in [1.54, 1.807) is 125 Å². The number of thiophene rings is 4. The Bertz CT molecular complexity index is 2010. The molecule has 0 radical (unpaired) electrons. The lowest BCUT2D eigenvalue weighted by Crippen LogP contribution is -1.95. The van der Waals surface area contributed by atoms with Crippen LogP contribution in [0.3, 0.4) is 0 Å². The van der Waals surface area contributed by atoms with Gasteiger partial charge in [-0.1, -0.05) is 55.4 Å². The number of benzene rings is 4. The summed E-state index contributed by atoms with van der Waals surface area (Å²) in [4.78, 5) is 0. The van der Waals surface area contributed by atoms with Gasteiger partial charge in [0.2, 0.25) is 0 Å². The van der Waals surface area contributed by atoms with E-state index in [1.807, 2.05) is 0 Å². The Labute approximate surface area is 275 Å². The molecule has 0 amide bonds. The van der Waals surface area contributed by atoms with Crippen LogP contribution < -0.4 is 0 Å². The van der Waals surface area contributed by atoms with E-state index in [9.17, 15) is 0 Å². The molecule has 0 aliphatic heterocycles. The Kier molecular flexibility index (Phi) is 6.14. The molecule has 0 fully saturated rings. The number of hydrogen-bond acceptors (Lipinski definition) is 4. The van der Waals surface area contributed by atoms with Crippen LogP contribution in [-0.4, -0.2) is 0 Å². The number of rotatable bonds is 8. The van der Waals surface area contributed by atoms with Gasteiger partial charge in [0.1, 0.15) is 0 Å². The first-order valence-electron chi connectivity index (χ1n) is 17.1. The van der Waals surface area contributed by atoms with Crippen LogP contribution in [0.25, 0.3) is 80.7 Å². The van der Waals surface area contributed by atoms with E-state index in [2.05, 4.69) is 101 Å². The zero-order valence-corrected chi connectivity index (χ0v) is 30.6. The smallest absolute Gasteiger partial charge is 0.0397 e. The van der Waals surface area contributed by atoms with Crippen molar-refractivity contribution in [3.63, 3.8) is 0 Å². The highest BCUT2D eigenvalue weighted by molar-refractivity contribution is 7.31. The highest BCUT2D eigenvalue weighted by atomic mass is 32.1. The molecule has 0 atom stereocenters. The van der Waals surface area contributed by atoms with Crippen LogP contribution in [0.4, 0.5) is 0 Å². The molecule has 44 heavy (non-hydrogen) atoms. The van der Waals surface area contributed by atoms with Gasteiger partial charge in [-0.3, -0.25) is 0 Å². The summed E-state index contributed by atoms with van der Waals surface area (Å²) in [6.45, 7) is 19.2. The van der Waals surface area contributed by atoms with Crippen molar-refractivity contribution in [3.8, 4) is 0 Å². The summed E-state index contributed by atoms with van der Waals surface area (Å²) in [5.41, 5.74) is 13.0. The fourth-order valence-electron chi connectivity index (χ4n) is 9.42. The Morgan fingerprint density at radius 2 is 0.341 bits per heavy atom. The van der Waals surface area contributed by atoms with Crippen LogP contribution in [0, 0.1) is 0 Å². The quantitative estimate of drug-likeness (QED) is 0.154. The lowest BCUT2D eigenvalue weighted by atomic mass is 9.85. The topological polar surface area (TPSA) is 0 Å². The predicted octanol–water partition coefficient (Wildman–Crippen LogP) is 14.0. The van der Waals surface area contributed by atoms with Gasteiger partial charge < -0.3 is 0 Å². The molecule has 4 aromatic heterocycles. The van der Waals surface area contributed by atoms with Gasteiger partial charge in [0.15, 0.2) is 0 Å². The molecule has 0 bridgehead atoms. The molecule has 9 aromatic rings. The summed E-state index contributed by atoms with van der Waals surface area (Å²) >= 11 is 8.61. The van der Waals surface area contributed by atoms with Crippen molar-refractivity contribution >= 4 is 126 Å². The summed E-state index contributed by atoms with van der Waals surface area (Å²) in [5.74, 6) is 0. The molecule has 0 aliphatic rings. The van der Waals surface area contributed by atoms with Gasteiger partial charge in [-0.05, 0) is 95.9 Å². The molecule has 0 N–H and O–H groups in total. The minimum atomic E-state index is 1.11. The zero-order chi connectivity index (χ0) is 30.3. The highest BCUT2D eigenvalue weighted by Gasteiger charge is 2.33. The fourth-order valence-corrected chi connectivity index (χ4v) is 15.8. The van der Waals surface area contributed by atoms with E-state index in [0.717, 1.165) is 51.4 Å². The van der Waals surface area contributed by atoms with E-state index in [-0.39, 0.29) is 0 Å². The summed E-state index contributed by atoms with van der Waals surface area (Å²) < 4.78 is 12.8. The van der Waals surface area contributed by atoms with Gasteiger partial charge in [0.25, 0.3) is 0 Å². The summed E-state index contributed by atoms with van der Waals surface area (Å²) in [7, 11) is 0. The summed E-state index contributed by atoms with van der Waals surface area (Å²) in [6, 6.07) is 0. The van der Waals surface area contributed by atoms with Crippen LogP contribution >= 0.6 is 45.3 Å². The Morgan fingerprint density at radius 1 is 0.227 bits per heavy atom. The van der Waals surface area contributed by atoms with Crippen molar-refractivity contribution in [1.82, 2.24) is 0 Å². The van der Waals surface area contributed by atoms with E-state index < -0.39 is 0 Å². The van der Waals surface area contributed by atoms with Crippen LogP contribution in [0.1, 0.15) is 99.9 Å². The average Bonchev–Trinajstić information content (AvgIpc) is 3.80. The second-order valence-electron chi connectivity index (χ2n) is 12.7. The van der Waals surface area contributed by atoms with E-state index in [0.29, 0.717) is 0 Å². The van der Waals surface area contributed by atoms with Crippen molar-refractivity contribution in [2.24, 2.45) is 0 Å². The molecule has 5 aromatic carbocycles. The molecular formula is C40H40S4. The van der Waals surface area contributed by atoms with Crippen LogP contribution in [0.5, 0.6) is 0 Å². The molecule has 9 rings (SSSR count). The molecule has 0 spiro atoms. The van der Waals surface area contributed by atoms with E-state index in [1.165, 1.54) is 0 Å². The van der Waals surface area contributed by atoms with Crippen molar-refractivity contribution in [1.29, 1.82) is 0 Å². The first-order chi connectivity index (χ1) is 21.5. The summed E-state index contributed by atoms with van der Waals surface area (Å²) in [6.07, 6.45) is 8.86. The first kappa shape index (κ1) is 28.0. The maximum absolute atomic E-state index is 2.41. The van der Waals surface area contributed by atoms with E-state index >= 15 is 0 Å². The minimum Gasteiger partial charge on any atom is -0.135 e. The average molecular weight is 649 g/mol. The maximum Gasteiger partial charge on any atom is 0.0397 e. The van der Waals surface area contributed by atoms with Gasteiger partial charge >= 0.3 is 0 Å². The zero-order valence-electron chi connectivity index (χ0n) is 27.3. The highest BCUT2D eigenvalue weighted by Crippen LogP contribution is 2.61. The number of hydrogen-bond donors (Lipinski definition) is 0. The fraction of sp³-hybridized carbons (Fsp3) is 0.400. The molecule has 4 heterocycles. The van der Waals surface area contributed by atoms with Gasteiger partial charge in [-0.15, -0.1) is 45.3 Å². The first-order valence-corrected chi connectivity index (χ1v) is 20.4. The Hall–Kier alpha value is -2.24. The normalized spacial score (nSPS) is 13.3. The van der Waals surface area contributed by atoms with Crippen molar-refractivity contribution in [3.05, 3.63) is 44.5 Å². The second-order valence-corrected chi connectivity index (χ2v) is 16.8. The largest absolute Gasteiger partial charge is 0.135 e. The van der Waals surface area contributed by atoms with Crippen LogP contribution in [0.2, 0.25) is 0 Å². The predicted molar refractivity (Wildman–Crippen MR) is 207 cm³/mol. The molecule has 0 unspecified atom stereocenters. The SMILES string of the molecule is CCc1c(CC)c2sc3c(CC)c(CC)c4sc5c(CC)c(CC)c6sc7c(CC)c(CC)c8sc1c1c8c7c6c5c4c3c21. The van der Waals surface area contributed by atoms with Crippen molar-refractivity contribution in [2.75, 3.05) is 0 Å². The maximum atomic E-state index is 2.41. The van der Waals surface area contributed by atoms with E-state index in [4.69, 9.17) is 0 Å². The number of aryl methyl sites for hydroxylation is 8. The third-order valence-corrected chi connectivity index (χ3v) is 16.3. The minimum absolute atomic E-state index is 1.11.